The normalized spacial score (nSPS) is 14.3. The lowest BCUT2D eigenvalue weighted by Gasteiger charge is -2.32. The zero-order valence-corrected chi connectivity index (χ0v) is 21.4. The second-order valence-corrected chi connectivity index (χ2v) is 9.77. The van der Waals surface area contributed by atoms with Crippen molar-refractivity contribution in [1.82, 2.24) is 14.8 Å². The molecule has 1 saturated heterocycles. The lowest BCUT2D eigenvalue weighted by atomic mass is 9.90. The molecular weight excluding hydrogens is 481 g/mol. The summed E-state index contributed by atoms with van der Waals surface area (Å²) in [5.41, 5.74) is 2.26. The van der Waals surface area contributed by atoms with Crippen molar-refractivity contribution in [3.05, 3.63) is 70.1 Å². The molecule has 1 aromatic heterocycles. The van der Waals surface area contributed by atoms with E-state index in [9.17, 15) is 18.8 Å². The molecule has 2 heterocycles. The maximum atomic E-state index is 13.4. The van der Waals surface area contributed by atoms with E-state index in [1.54, 1.807) is 17.0 Å². The quantitative estimate of drug-likeness (QED) is 0.321. The van der Waals surface area contributed by atoms with Crippen molar-refractivity contribution in [1.29, 1.82) is 0 Å². The van der Waals surface area contributed by atoms with Crippen LogP contribution < -0.4 is 0 Å². The number of likely N-dealkylation sites (N-methyl/N-ethyl adjacent to an activating group) is 1. The average molecular weight is 512 g/mol. The van der Waals surface area contributed by atoms with Crippen molar-refractivity contribution in [3.8, 4) is 0 Å². The molecule has 0 unspecified atom stereocenters. The van der Waals surface area contributed by atoms with Gasteiger partial charge in [0.15, 0.2) is 0 Å². The van der Waals surface area contributed by atoms with Crippen LogP contribution in [0.25, 0.3) is 10.9 Å². The first-order valence-electron chi connectivity index (χ1n) is 12.5. The highest BCUT2D eigenvalue weighted by molar-refractivity contribution is 6.45. The number of benzene rings is 2. The molecule has 6 nitrogen and oxygen atoms in total. The summed E-state index contributed by atoms with van der Waals surface area (Å²) in [6, 6.07) is 9.83. The molecule has 1 aliphatic heterocycles. The highest BCUT2D eigenvalue weighted by Gasteiger charge is 2.28. The number of nitrogens with zero attached hydrogens (tertiary/aromatic N) is 2. The summed E-state index contributed by atoms with van der Waals surface area (Å²) in [7, 11) is 0. The van der Waals surface area contributed by atoms with Crippen LogP contribution in [-0.2, 0) is 11.2 Å². The number of hydrogen-bond donors (Lipinski definition) is 1. The van der Waals surface area contributed by atoms with Crippen LogP contribution in [-0.4, -0.2) is 58.6 Å². The number of amides is 2. The number of fused-ring (bicyclic) bond motifs is 1. The van der Waals surface area contributed by atoms with E-state index in [4.69, 9.17) is 11.6 Å². The monoisotopic (exact) mass is 511 g/mol. The van der Waals surface area contributed by atoms with Crippen molar-refractivity contribution in [2.24, 2.45) is 5.92 Å². The second kappa shape index (κ2) is 11.2. The van der Waals surface area contributed by atoms with E-state index in [0.717, 1.165) is 31.2 Å². The van der Waals surface area contributed by atoms with Gasteiger partial charge in [-0.2, -0.15) is 0 Å². The molecule has 4 rings (SSSR count). The van der Waals surface area contributed by atoms with Crippen LogP contribution in [0.15, 0.2) is 42.6 Å². The summed E-state index contributed by atoms with van der Waals surface area (Å²) in [5, 5.41) is 0.814. The van der Waals surface area contributed by atoms with Crippen LogP contribution in [0.1, 0.15) is 59.4 Å². The number of halogens is 2. The Morgan fingerprint density at radius 2 is 1.78 bits per heavy atom. The molecule has 2 amide bonds. The van der Waals surface area contributed by atoms with Gasteiger partial charge in [0, 0.05) is 43.3 Å². The molecule has 1 aliphatic rings. The van der Waals surface area contributed by atoms with E-state index in [-0.39, 0.29) is 17.3 Å². The predicted molar refractivity (Wildman–Crippen MR) is 139 cm³/mol. The van der Waals surface area contributed by atoms with Crippen LogP contribution in [0.2, 0.25) is 5.02 Å². The number of rotatable bonds is 8. The average Bonchev–Trinajstić information content (AvgIpc) is 3.29. The third kappa shape index (κ3) is 5.46. The van der Waals surface area contributed by atoms with Crippen molar-refractivity contribution in [3.63, 3.8) is 0 Å². The number of aromatic amines is 1. The van der Waals surface area contributed by atoms with Crippen LogP contribution in [0.5, 0.6) is 0 Å². The number of nitrogens with one attached hydrogen (secondary N) is 1. The van der Waals surface area contributed by atoms with Gasteiger partial charge in [0.1, 0.15) is 5.82 Å². The zero-order chi connectivity index (χ0) is 25.8. The Balaban J connectivity index is 1.49. The number of carbonyl (C=O) groups excluding carboxylic acids is 3. The van der Waals surface area contributed by atoms with Crippen molar-refractivity contribution < 1.29 is 18.8 Å². The van der Waals surface area contributed by atoms with E-state index in [2.05, 4.69) is 4.98 Å². The Kier molecular flexibility index (Phi) is 8.09. The van der Waals surface area contributed by atoms with Gasteiger partial charge in [-0.05, 0) is 68.4 Å². The van der Waals surface area contributed by atoms with Gasteiger partial charge in [-0.3, -0.25) is 14.4 Å². The first-order valence-corrected chi connectivity index (χ1v) is 12.9. The first-order chi connectivity index (χ1) is 17.3. The maximum absolute atomic E-state index is 13.4. The Morgan fingerprint density at radius 1 is 1.08 bits per heavy atom. The van der Waals surface area contributed by atoms with Crippen molar-refractivity contribution in [2.45, 2.75) is 39.5 Å². The summed E-state index contributed by atoms with van der Waals surface area (Å²) in [6.45, 7) is 5.95. The minimum atomic E-state index is -0.598. The minimum Gasteiger partial charge on any atom is -0.360 e. The van der Waals surface area contributed by atoms with Crippen molar-refractivity contribution in [2.75, 3.05) is 26.2 Å². The number of likely N-dealkylation sites (tertiary alicyclic amines) is 1. The SMILES string of the molecule is CCCN(CC)C(=O)C(=O)c1c[nH]c2cc(Cl)c(C(=O)N3CCC(Cc4ccc(F)cc4)CC3)cc12. The standard InChI is InChI=1S/C28H31ClFN3O3/c1-3-11-32(4-2)28(36)26(34)23-17-31-25-16-24(29)22(15-21(23)25)27(35)33-12-9-19(10-13-33)14-18-5-7-20(30)8-6-18/h5-8,15-17,19,31H,3-4,9-14H2,1-2H3. The van der Waals surface area contributed by atoms with Gasteiger partial charge in [-0.1, -0.05) is 30.7 Å². The number of hydrogen-bond acceptors (Lipinski definition) is 3. The summed E-state index contributed by atoms with van der Waals surface area (Å²) < 4.78 is 13.2. The number of ketones is 1. The number of H-pyrrole nitrogens is 1. The molecule has 1 N–H and O–H groups in total. The molecule has 0 spiro atoms. The van der Waals surface area contributed by atoms with E-state index in [0.29, 0.717) is 53.6 Å². The van der Waals surface area contributed by atoms with E-state index >= 15 is 0 Å². The fraction of sp³-hybridized carbons (Fsp3) is 0.393. The molecule has 8 heteroatoms. The number of piperidine rings is 1. The topological polar surface area (TPSA) is 73.5 Å². The predicted octanol–water partition coefficient (Wildman–Crippen LogP) is 5.50. The Morgan fingerprint density at radius 3 is 2.42 bits per heavy atom. The van der Waals surface area contributed by atoms with Crippen LogP contribution in [0, 0.1) is 11.7 Å². The zero-order valence-electron chi connectivity index (χ0n) is 20.7. The second-order valence-electron chi connectivity index (χ2n) is 9.36. The van der Waals surface area contributed by atoms with Crippen LogP contribution >= 0.6 is 11.6 Å². The molecular formula is C28H31ClFN3O3. The summed E-state index contributed by atoms with van der Waals surface area (Å²) in [4.78, 5) is 45.5. The highest BCUT2D eigenvalue weighted by Crippen LogP contribution is 2.30. The lowest BCUT2D eigenvalue weighted by Crippen LogP contribution is -2.39. The van der Waals surface area contributed by atoms with Gasteiger partial charge in [-0.25, -0.2) is 4.39 Å². The minimum absolute atomic E-state index is 0.186. The van der Waals surface area contributed by atoms with Gasteiger partial charge >= 0.3 is 0 Å². The van der Waals surface area contributed by atoms with Crippen LogP contribution in [0.4, 0.5) is 4.39 Å². The number of Topliss-reactive ketones (excluding diaryl/α,β-unsaturated/α-hetero) is 1. The third-order valence-corrected chi connectivity index (χ3v) is 7.25. The first kappa shape index (κ1) is 25.9. The van der Waals surface area contributed by atoms with E-state index < -0.39 is 11.7 Å². The molecule has 190 valence electrons. The molecule has 0 radical (unpaired) electrons. The molecule has 3 aromatic rings. The van der Waals surface area contributed by atoms with E-state index in [1.807, 2.05) is 26.0 Å². The fourth-order valence-corrected chi connectivity index (χ4v) is 5.14. The Bertz CT molecular complexity index is 1260. The summed E-state index contributed by atoms with van der Waals surface area (Å²) in [6.07, 6.45) is 4.81. The molecule has 0 atom stereocenters. The fourth-order valence-electron chi connectivity index (χ4n) is 4.89. The van der Waals surface area contributed by atoms with E-state index in [1.165, 1.54) is 23.2 Å². The third-order valence-electron chi connectivity index (χ3n) is 6.94. The maximum Gasteiger partial charge on any atom is 0.295 e. The van der Waals surface area contributed by atoms with Gasteiger partial charge in [0.25, 0.3) is 17.6 Å². The molecule has 0 aliphatic carbocycles. The van der Waals surface area contributed by atoms with Gasteiger partial charge in [0.2, 0.25) is 0 Å². The highest BCUT2D eigenvalue weighted by atomic mass is 35.5. The lowest BCUT2D eigenvalue weighted by molar-refractivity contribution is -0.126. The summed E-state index contributed by atoms with van der Waals surface area (Å²) in [5.74, 6) is -1.16. The Hall–Kier alpha value is -3.19. The largest absolute Gasteiger partial charge is 0.360 e. The van der Waals surface area contributed by atoms with Crippen molar-refractivity contribution >= 4 is 40.1 Å². The molecule has 0 bridgehead atoms. The van der Waals surface area contributed by atoms with Crippen LogP contribution in [0.3, 0.4) is 0 Å². The molecule has 0 saturated carbocycles. The molecule has 1 fully saturated rings. The molecule has 36 heavy (non-hydrogen) atoms. The summed E-state index contributed by atoms with van der Waals surface area (Å²) >= 11 is 6.47. The number of carbonyl (C=O) groups is 3. The van der Waals surface area contributed by atoms with Gasteiger partial charge in [0.05, 0.1) is 16.1 Å². The smallest absolute Gasteiger partial charge is 0.295 e. The van der Waals surface area contributed by atoms with Gasteiger partial charge < -0.3 is 14.8 Å². The van der Waals surface area contributed by atoms with Gasteiger partial charge in [-0.15, -0.1) is 0 Å². The Labute approximate surface area is 215 Å². The number of aromatic nitrogens is 1. The molecule has 2 aromatic carbocycles.